The van der Waals surface area contributed by atoms with Gasteiger partial charge in [-0.25, -0.2) is 12.8 Å². The smallest absolute Gasteiger partial charge is 0.289 e. The van der Waals surface area contributed by atoms with E-state index in [1.54, 1.807) is 0 Å². The first-order chi connectivity index (χ1) is 12.8. The summed E-state index contributed by atoms with van der Waals surface area (Å²) in [7, 11) is -4.25. The zero-order valence-corrected chi connectivity index (χ0v) is 14.8. The number of hydrogen-bond donors (Lipinski definition) is 0. The van der Waals surface area contributed by atoms with E-state index in [4.69, 9.17) is 4.74 Å². The van der Waals surface area contributed by atoms with Crippen LogP contribution in [0.15, 0.2) is 52.3 Å². The molecule has 1 fully saturated rings. The lowest BCUT2D eigenvalue weighted by atomic mass is 10.1. The van der Waals surface area contributed by atoms with Crippen molar-refractivity contribution in [2.24, 2.45) is 0 Å². The fourth-order valence-corrected chi connectivity index (χ4v) is 4.11. The largest absolute Gasteiger partial charge is 0.378 e. The van der Waals surface area contributed by atoms with Crippen LogP contribution in [0.2, 0.25) is 0 Å². The third-order valence-corrected chi connectivity index (χ3v) is 5.93. The third kappa shape index (κ3) is 3.81. The Labute approximate surface area is 154 Å². The van der Waals surface area contributed by atoms with Crippen molar-refractivity contribution in [2.45, 2.75) is 9.79 Å². The van der Waals surface area contributed by atoms with Gasteiger partial charge in [0.15, 0.2) is 0 Å². The van der Waals surface area contributed by atoms with Crippen LogP contribution in [0.5, 0.6) is 0 Å². The molecule has 2 aromatic carbocycles. The fraction of sp³-hybridized carbons (Fsp3) is 0.235. The first-order valence-electron chi connectivity index (χ1n) is 7.97. The number of nitro groups is 1. The molecule has 0 saturated carbocycles. The Morgan fingerprint density at radius 1 is 1.11 bits per heavy atom. The maximum Gasteiger partial charge on any atom is 0.289 e. The van der Waals surface area contributed by atoms with Crippen molar-refractivity contribution < 1.29 is 27.3 Å². The van der Waals surface area contributed by atoms with Gasteiger partial charge in [-0.3, -0.25) is 14.9 Å². The predicted molar refractivity (Wildman–Crippen MR) is 91.7 cm³/mol. The molecule has 0 spiro atoms. The van der Waals surface area contributed by atoms with Crippen LogP contribution < -0.4 is 0 Å². The second kappa shape index (κ2) is 7.41. The molecule has 0 radical (unpaired) electrons. The van der Waals surface area contributed by atoms with E-state index >= 15 is 0 Å². The molecule has 2 aromatic rings. The fourth-order valence-electron chi connectivity index (χ4n) is 2.71. The van der Waals surface area contributed by atoms with E-state index in [0.717, 1.165) is 36.4 Å². The summed E-state index contributed by atoms with van der Waals surface area (Å²) in [6.07, 6.45) is 0. The van der Waals surface area contributed by atoms with Gasteiger partial charge in [-0.2, -0.15) is 0 Å². The second-order valence-electron chi connectivity index (χ2n) is 5.80. The molecule has 142 valence electrons. The van der Waals surface area contributed by atoms with Gasteiger partial charge < -0.3 is 9.64 Å². The Kier molecular flexibility index (Phi) is 5.19. The van der Waals surface area contributed by atoms with E-state index < -0.39 is 37.1 Å². The molecule has 0 N–H and O–H groups in total. The number of carbonyl (C=O) groups excluding carboxylic acids is 1. The number of nitrogens with zero attached hydrogens (tertiary/aromatic N) is 2. The molecule has 27 heavy (non-hydrogen) atoms. The van der Waals surface area contributed by atoms with Crippen molar-refractivity contribution in [3.8, 4) is 0 Å². The third-order valence-electron chi connectivity index (χ3n) is 4.11. The van der Waals surface area contributed by atoms with Crippen molar-refractivity contribution in [3.05, 3.63) is 64.0 Å². The van der Waals surface area contributed by atoms with Crippen molar-refractivity contribution in [2.75, 3.05) is 26.3 Å². The summed E-state index contributed by atoms with van der Waals surface area (Å²) in [5.41, 5.74) is -0.694. The van der Waals surface area contributed by atoms with Crippen LogP contribution in [0.4, 0.5) is 10.1 Å². The molecular formula is C17H15FN2O6S. The van der Waals surface area contributed by atoms with E-state index in [2.05, 4.69) is 0 Å². The van der Waals surface area contributed by atoms with E-state index in [9.17, 15) is 27.7 Å². The quantitative estimate of drug-likeness (QED) is 0.446. The second-order valence-corrected chi connectivity index (χ2v) is 7.72. The Hall–Kier alpha value is -2.85. The van der Waals surface area contributed by atoms with Crippen LogP contribution >= 0.6 is 0 Å². The Balaban J connectivity index is 2.02. The minimum atomic E-state index is -4.25. The maximum atomic E-state index is 13.0. The number of carbonyl (C=O) groups is 1. The molecule has 0 atom stereocenters. The highest BCUT2D eigenvalue weighted by molar-refractivity contribution is 7.91. The summed E-state index contributed by atoms with van der Waals surface area (Å²) in [6, 6.07) is 7.19. The van der Waals surface area contributed by atoms with Gasteiger partial charge in [-0.1, -0.05) is 0 Å². The van der Waals surface area contributed by atoms with E-state index in [0.29, 0.717) is 26.3 Å². The summed E-state index contributed by atoms with van der Waals surface area (Å²) in [6.45, 7) is 1.43. The molecule has 10 heteroatoms. The minimum absolute atomic E-state index is 0.0154. The number of morpholine rings is 1. The summed E-state index contributed by atoms with van der Waals surface area (Å²) in [5, 5.41) is 11.4. The summed E-state index contributed by atoms with van der Waals surface area (Å²) in [4.78, 5) is 23.7. The molecule has 1 aliphatic heterocycles. The zero-order valence-electron chi connectivity index (χ0n) is 14.0. The molecule has 3 rings (SSSR count). The standard InChI is InChI=1S/C17H15FN2O6S/c18-13-2-4-14(5-3-13)27(24,25)16-6-1-12(11-15(16)20(22)23)17(21)19-7-9-26-10-8-19/h1-6,11H,7-10H2. The molecule has 1 heterocycles. The molecule has 0 aromatic heterocycles. The lowest BCUT2D eigenvalue weighted by molar-refractivity contribution is -0.387. The normalized spacial score (nSPS) is 14.8. The average Bonchev–Trinajstić information content (AvgIpc) is 2.68. The van der Waals surface area contributed by atoms with Gasteiger partial charge >= 0.3 is 0 Å². The molecule has 0 aliphatic carbocycles. The number of rotatable bonds is 4. The number of benzene rings is 2. The molecule has 1 saturated heterocycles. The van der Waals surface area contributed by atoms with Gasteiger partial charge in [0.2, 0.25) is 9.84 Å². The molecule has 8 nitrogen and oxygen atoms in total. The van der Waals surface area contributed by atoms with Crippen molar-refractivity contribution in [3.63, 3.8) is 0 Å². The van der Waals surface area contributed by atoms with Crippen molar-refractivity contribution in [1.82, 2.24) is 4.90 Å². The highest BCUT2D eigenvalue weighted by Gasteiger charge is 2.30. The van der Waals surface area contributed by atoms with E-state index in [1.165, 1.54) is 11.0 Å². The van der Waals surface area contributed by atoms with Crippen LogP contribution in [0.1, 0.15) is 10.4 Å². The molecule has 1 amide bonds. The Morgan fingerprint density at radius 3 is 2.33 bits per heavy atom. The average molecular weight is 394 g/mol. The van der Waals surface area contributed by atoms with Crippen LogP contribution in [0, 0.1) is 15.9 Å². The molecule has 0 bridgehead atoms. The van der Waals surface area contributed by atoms with Crippen LogP contribution in [-0.2, 0) is 14.6 Å². The summed E-state index contributed by atoms with van der Waals surface area (Å²) >= 11 is 0. The number of ether oxygens (including phenoxy) is 1. The first kappa shape index (κ1) is 18.9. The van der Waals surface area contributed by atoms with Gasteiger partial charge in [-0.15, -0.1) is 0 Å². The highest BCUT2D eigenvalue weighted by atomic mass is 32.2. The SMILES string of the molecule is O=C(c1ccc(S(=O)(=O)c2ccc(F)cc2)c([N+](=O)[O-])c1)N1CCOCC1. The minimum Gasteiger partial charge on any atom is -0.378 e. The topological polar surface area (TPSA) is 107 Å². The van der Waals surface area contributed by atoms with E-state index in [1.807, 2.05) is 0 Å². The van der Waals surface area contributed by atoms with Gasteiger partial charge in [0.05, 0.1) is 23.0 Å². The van der Waals surface area contributed by atoms with Gasteiger partial charge in [0, 0.05) is 24.7 Å². The monoisotopic (exact) mass is 394 g/mol. The number of hydrogen-bond acceptors (Lipinski definition) is 6. The van der Waals surface area contributed by atoms with Crippen LogP contribution in [0.25, 0.3) is 0 Å². The predicted octanol–water partition coefficient (Wildman–Crippen LogP) is 2.04. The Bertz CT molecular complexity index is 985. The van der Waals surface area contributed by atoms with Crippen LogP contribution in [0.3, 0.4) is 0 Å². The lowest BCUT2D eigenvalue weighted by Gasteiger charge is -2.26. The van der Waals surface area contributed by atoms with Gasteiger partial charge in [0.25, 0.3) is 11.6 Å². The van der Waals surface area contributed by atoms with Crippen LogP contribution in [-0.4, -0.2) is 50.5 Å². The number of amides is 1. The summed E-state index contributed by atoms with van der Waals surface area (Å²) < 4.78 is 43.6. The molecular weight excluding hydrogens is 379 g/mol. The summed E-state index contributed by atoms with van der Waals surface area (Å²) in [5.74, 6) is -1.07. The van der Waals surface area contributed by atoms with Crippen molar-refractivity contribution in [1.29, 1.82) is 0 Å². The molecule has 0 unspecified atom stereocenters. The zero-order chi connectivity index (χ0) is 19.6. The number of sulfone groups is 1. The van der Waals surface area contributed by atoms with E-state index in [-0.39, 0.29) is 10.5 Å². The number of nitro benzene ring substituents is 1. The van der Waals surface area contributed by atoms with Gasteiger partial charge in [-0.05, 0) is 36.4 Å². The lowest BCUT2D eigenvalue weighted by Crippen LogP contribution is -2.40. The Morgan fingerprint density at radius 2 is 1.74 bits per heavy atom. The highest BCUT2D eigenvalue weighted by Crippen LogP contribution is 2.30. The molecule has 1 aliphatic rings. The van der Waals surface area contributed by atoms with Gasteiger partial charge in [0.1, 0.15) is 10.7 Å². The number of halogens is 1. The maximum absolute atomic E-state index is 13.0. The first-order valence-corrected chi connectivity index (χ1v) is 9.45. The van der Waals surface area contributed by atoms with Crippen molar-refractivity contribution >= 4 is 21.4 Å².